The van der Waals surface area contributed by atoms with Crippen LogP contribution in [0.15, 0.2) is 30.3 Å². The van der Waals surface area contributed by atoms with Crippen molar-refractivity contribution in [1.82, 2.24) is 4.90 Å². The molecule has 0 N–H and O–H groups in total. The van der Waals surface area contributed by atoms with Crippen LogP contribution in [-0.4, -0.2) is 36.1 Å². The van der Waals surface area contributed by atoms with Crippen LogP contribution < -0.4 is 0 Å². The standard InChI is InChI=1S/C17H25NO2/c1-3-7-17(19)18-12-14(2)20-16(13-18)11-10-15-8-5-4-6-9-15/h4-6,8-9,14,16H,3,7,10-13H2,1-2H3. The number of morpholine rings is 1. The Morgan fingerprint density at radius 1 is 1.30 bits per heavy atom. The SMILES string of the molecule is CCCC(=O)N1CC(C)OC(CCc2ccccc2)C1. The van der Waals surface area contributed by atoms with Gasteiger partial charge in [-0.15, -0.1) is 0 Å². The number of ether oxygens (including phenoxy) is 1. The minimum Gasteiger partial charge on any atom is -0.372 e. The summed E-state index contributed by atoms with van der Waals surface area (Å²) >= 11 is 0. The zero-order valence-electron chi connectivity index (χ0n) is 12.5. The van der Waals surface area contributed by atoms with Crippen molar-refractivity contribution in [3.8, 4) is 0 Å². The lowest BCUT2D eigenvalue weighted by Crippen LogP contribution is -2.49. The fraction of sp³-hybridized carbons (Fsp3) is 0.588. The molecule has 0 saturated carbocycles. The third-order valence-electron chi connectivity index (χ3n) is 3.74. The second-order valence-corrected chi connectivity index (χ2v) is 5.64. The van der Waals surface area contributed by atoms with Gasteiger partial charge in [0.1, 0.15) is 0 Å². The molecule has 0 bridgehead atoms. The Balaban J connectivity index is 1.86. The Morgan fingerprint density at radius 3 is 2.75 bits per heavy atom. The summed E-state index contributed by atoms with van der Waals surface area (Å²) in [5, 5.41) is 0. The van der Waals surface area contributed by atoms with Crippen molar-refractivity contribution < 1.29 is 9.53 Å². The van der Waals surface area contributed by atoms with Crippen LogP contribution in [0.25, 0.3) is 0 Å². The first-order chi connectivity index (χ1) is 9.69. The van der Waals surface area contributed by atoms with Crippen molar-refractivity contribution >= 4 is 5.91 Å². The third-order valence-corrected chi connectivity index (χ3v) is 3.74. The lowest BCUT2D eigenvalue weighted by molar-refractivity contribution is -0.144. The van der Waals surface area contributed by atoms with E-state index in [9.17, 15) is 4.79 Å². The van der Waals surface area contributed by atoms with Crippen molar-refractivity contribution in [1.29, 1.82) is 0 Å². The molecule has 0 radical (unpaired) electrons. The van der Waals surface area contributed by atoms with Gasteiger partial charge in [0.2, 0.25) is 5.91 Å². The van der Waals surface area contributed by atoms with Crippen molar-refractivity contribution in [3.63, 3.8) is 0 Å². The van der Waals surface area contributed by atoms with Gasteiger partial charge < -0.3 is 9.64 Å². The minimum absolute atomic E-state index is 0.144. The number of amides is 1. The number of benzene rings is 1. The van der Waals surface area contributed by atoms with Gasteiger partial charge in [0.05, 0.1) is 12.2 Å². The molecular weight excluding hydrogens is 250 g/mol. The van der Waals surface area contributed by atoms with Crippen LogP contribution >= 0.6 is 0 Å². The normalized spacial score (nSPS) is 22.8. The lowest BCUT2D eigenvalue weighted by atomic mass is 10.0. The first-order valence-electron chi connectivity index (χ1n) is 7.66. The van der Waals surface area contributed by atoms with E-state index in [4.69, 9.17) is 4.74 Å². The largest absolute Gasteiger partial charge is 0.372 e. The van der Waals surface area contributed by atoms with E-state index in [2.05, 4.69) is 38.1 Å². The van der Waals surface area contributed by atoms with Crippen LogP contribution in [0.1, 0.15) is 38.7 Å². The molecule has 20 heavy (non-hydrogen) atoms. The summed E-state index contributed by atoms with van der Waals surface area (Å²) in [6.45, 7) is 5.59. The maximum Gasteiger partial charge on any atom is 0.222 e. The molecule has 2 rings (SSSR count). The highest BCUT2D eigenvalue weighted by Gasteiger charge is 2.27. The number of carbonyl (C=O) groups excluding carboxylic acids is 1. The van der Waals surface area contributed by atoms with Gasteiger partial charge in [-0.1, -0.05) is 37.3 Å². The second-order valence-electron chi connectivity index (χ2n) is 5.64. The highest BCUT2D eigenvalue weighted by Crippen LogP contribution is 2.17. The van der Waals surface area contributed by atoms with E-state index in [1.807, 2.05) is 11.0 Å². The molecule has 1 aliphatic rings. The molecule has 2 atom stereocenters. The van der Waals surface area contributed by atoms with Gasteiger partial charge >= 0.3 is 0 Å². The molecule has 1 heterocycles. The van der Waals surface area contributed by atoms with E-state index >= 15 is 0 Å². The van der Waals surface area contributed by atoms with E-state index in [-0.39, 0.29) is 18.1 Å². The fourth-order valence-corrected chi connectivity index (χ4v) is 2.75. The van der Waals surface area contributed by atoms with Gasteiger partial charge in [0.15, 0.2) is 0 Å². The molecule has 0 aromatic heterocycles. The van der Waals surface area contributed by atoms with Gasteiger partial charge in [-0.05, 0) is 31.7 Å². The van der Waals surface area contributed by atoms with Crippen molar-refractivity contribution in [2.24, 2.45) is 0 Å². The fourth-order valence-electron chi connectivity index (χ4n) is 2.75. The monoisotopic (exact) mass is 275 g/mol. The Morgan fingerprint density at radius 2 is 2.05 bits per heavy atom. The van der Waals surface area contributed by atoms with E-state index in [0.717, 1.165) is 32.4 Å². The number of hydrogen-bond donors (Lipinski definition) is 0. The number of nitrogens with zero attached hydrogens (tertiary/aromatic N) is 1. The molecule has 3 heteroatoms. The Hall–Kier alpha value is -1.35. The van der Waals surface area contributed by atoms with E-state index in [1.165, 1.54) is 5.56 Å². The third kappa shape index (κ3) is 4.34. The number of carbonyl (C=O) groups is 1. The predicted molar refractivity (Wildman–Crippen MR) is 80.6 cm³/mol. The molecule has 2 unspecified atom stereocenters. The predicted octanol–water partition coefficient (Wildman–Crippen LogP) is 3.04. The summed E-state index contributed by atoms with van der Waals surface area (Å²) in [5.74, 6) is 0.271. The summed E-state index contributed by atoms with van der Waals surface area (Å²) in [6, 6.07) is 10.5. The molecule has 3 nitrogen and oxygen atoms in total. The maximum atomic E-state index is 12.0. The second kappa shape index (κ2) is 7.44. The Bertz CT molecular complexity index is 418. The maximum absolute atomic E-state index is 12.0. The van der Waals surface area contributed by atoms with Crippen LogP contribution in [0.3, 0.4) is 0 Å². The smallest absolute Gasteiger partial charge is 0.222 e. The molecule has 1 aromatic carbocycles. The van der Waals surface area contributed by atoms with Crippen LogP contribution in [0, 0.1) is 0 Å². The summed E-state index contributed by atoms with van der Waals surface area (Å²) < 4.78 is 5.97. The average Bonchev–Trinajstić information content (AvgIpc) is 2.46. The molecule has 1 amide bonds. The molecule has 110 valence electrons. The van der Waals surface area contributed by atoms with E-state index in [1.54, 1.807) is 0 Å². The molecule has 0 aliphatic carbocycles. The van der Waals surface area contributed by atoms with Crippen LogP contribution in [0.2, 0.25) is 0 Å². The van der Waals surface area contributed by atoms with Crippen LogP contribution in [0.4, 0.5) is 0 Å². The highest BCUT2D eigenvalue weighted by atomic mass is 16.5. The van der Waals surface area contributed by atoms with Gasteiger partial charge in [0.25, 0.3) is 0 Å². The van der Waals surface area contributed by atoms with Crippen molar-refractivity contribution in [3.05, 3.63) is 35.9 Å². The molecular formula is C17H25NO2. The van der Waals surface area contributed by atoms with Gasteiger partial charge in [-0.3, -0.25) is 4.79 Å². The molecule has 0 spiro atoms. The zero-order chi connectivity index (χ0) is 14.4. The van der Waals surface area contributed by atoms with Gasteiger partial charge in [-0.2, -0.15) is 0 Å². The van der Waals surface area contributed by atoms with Crippen molar-refractivity contribution in [2.45, 2.75) is 51.7 Å². The minimum atomic E-state index is 0.144. The summed E-state index contributed by atoms with van der Waals surface area (Å²) in [4.78, 5) is 14.0. The molecule has 1 fully saturated rings. The van der Waals surface area contributed by atoms with Crippen LogP contribution in [-0.2, 0) is 16.0 Å². The summed E-state index contributed by atoms with van der Waals surface area (Å²) in [6.07, 6.45) is 3.86. The zero-order valence-corrected chi connectivity index (χ0v) is 12.5. The van der Waals surface area contributed by atoms with E-state index < -0.39 is 0 Å². The number of hydrogen-bond acceptors (Lipinski definition) is 2. The first-order valence-corrected chi connectivity index (χ1v) is 7.66. The van der Waals surface area contributed by atoms with Gasteiger partial charge in [-0.25, -0.2) is 0 Å². The number of rotatable bonds is 5. The Kier molecular flexibility index (Phi) is 5.60. The Labute approximate surface area is 121 Å². The van der Waals surface area contributed by atoms with E-state index in [0.29, 0.717) is 6.42 Å². The number of aryl methyl sites for hydroxylation is 1. The summed E-state index contributed by atoms with van der Waals surface area (Å²) in [5.41, 5.74) is 1.33. The quantitative estimate of drug-likeness (QED) is 0.826. The molecule has 1 aliphatic heterocycles. The van der Waals surface area contributed by atoms with Crippen molar-refractivity contribution in [2.75, 3.05) is 13.1 Å². The topological polar surface area (TPSA) is 29.5 Å². The highest BCUT2D eigenvalue weighted by molar-refractivity contribution is 5.76. The molecule has 1 aromatic rings. The van der Waals surface area contributed by atoms with Gasteiger partial charge in [0, 0.05) is 19.5 Å². The van der Waals surface area contributed by atoms with Crippen LogP contribution in [0.5, 0.6) is 0 Å². The average molecular weight is 275 g/mol. The lowest BCUT2D eigenvalue weighted by Gasteiger charge is -2.37. The summed E-state index contributed by atoms with van der Waals surface area (Å²) in [7, 11) is 0. The molecule has 1 saturated heterocycles. The first kappa shape index (κ1) is 15.0.